The lowest BCUT2D eigenvalue weighted by Gasteiger charge is -2.08. The fraction of sp³-hybridized carbons (Fsp3) is 0.231. The summed E-state index contributed by atoms with van der Waals surface area (Å²) >= 11 is 2.87. The van der Waals surface area contributed by atoms with Crippen LogP contribution in [0.1, 0.15) is 11.4 Å². The Morgan fingerprint density at radius 2 is 2.00 bits per heavy atom. The lowest BCUT2D eigenvalue weighted by molar-refractivity contribution is -0.117. The molecular formula is C13H12BrF2N3O. The van der Waals surface area contributed by atoms with Crippen LogP contribution >= 0.6 is 15.9 Å². The van der Waals surface area contributed by atoms with Crippen LogP contribution in [0.2, 0.25) is 0 Å². The third-order valence-corrected chi connectivity index (χ3v) is 3.29. The molecule has 0 saturated heterocycles. The first-order valence-electron chi connectivity index (χ1n) is 5.82. The van der Waals surface area contributed by atoms with E-state index in [0.717, 1.165) is 23.5 Å². The molecule has 0 spiro atoms. The zero-order valence-corrected chi connectivity index (χ0v) is 12.5. The molecule has 0 aliphatic carbocycles. The van der Waals surface area contributed by atoms with Gasteiger partial charge in [-0.1, -0.05) is 0 Å². The third-order valence-electron chi connectivity index (χ3n) is 2.68. The molecule has 0 saturated carbocycles. The van der Waals surface area contributed by atoms with E-state index in [4.69, 9.17) is 0 Å². The van der Waals surface area contributed by atoms with Gasteiger partial charge in [-0.3, -0.25) is 9.48 Å². The maximum atomic E-state index is 13.6. The molecule has 0 radical (unpaired) electrons. The number of carbonyl (C=O) groups excluding carboxylic acids is 1. The SMILES string of the molecule is Cc1cc(C)n(CC(=O)Nc2cc(F)c(Br)cc2F)n1. The van der Waals surface area contributed by atoms with Crippen LogP contribution in [0.5, 0.6) is 0 Å². The number of rotatable bonds is 3. The van der Waals surface area contributed by atoms with Gasteiger partial charge in [0.15, 0.2) is 0 Å². The van der Waals surface area contributed by atoms with E-state index in [1.165, 1.54) is 4.68 Å². The number of nitrogens with one attached hydrogen (secondary N) is 1. The summed E-state index contributed by atoms with van der Waals surface area (Å²) in [5.41, 5.74) is 1.41. The Kier molecular flexibility index (Phi) is 4.17. The predicted octanol–water partition coefficient (Wildman–Crippen LogP) is 3.18. The van der Waals surface area contributed by atoms with E-state index in [-0.39, 0.29) is 16.7 Å². The molecule has 1 aromatic carbocycles. The molecule has 2 aromatic rings. The minimum atomic E-state index is -0.708. The average molecular weight is 344 g/mol. The summed E-state index contributed by atoms with van der Waals surface area (Å²) < 4.78 is 28.4. The van der Waals surface area contributed by atoms with Gasteiger partial charge in [0, 0.05) is 11.8 Å². The summed E-state index contributed by atoms with van der Waals surface area (Å²) in [6, 6.07) is 3.72. The minimum absolute atomic E-state index is 0.00606. The Hall–Kier alpha value is -1.76. The van der Waals surface area contributed by atoms with Crippen molar-refractivity contribution in [3.05, 3.63) is 45.7 Å². The van der Waals surface area contributed by atoms with Crippen LogP contribution in [0.3, 0.4) is 0 Å². The van der Waals surface area contributed by atoms with Gasteiger partial charge in [0.25, 0.3) is 0 Å². The van der Waals surface area contributed by atoms with Crippen LogP contribution in [-0.2, 0) is 11.3 Å². The summed E-state index contributed by atoms with van der Waals surface area (Å²) in [5, 5.41) is 6.45. The normalized spacial score (nSPS) is 10.7. The highest BCUT2D eigenvalue weighted by molar-refractivity contribution is 9.10. The monoisotopic (exact) mass is 343 g/mol. The van der Waals surface area contributed by atoms with E-state index >= 15 is 0 Å². The van der Waals surface area contributed by atoms with Crippen molar-refractivity contribution < 1.29 is 13.6 Å². The minimum Gasteiger partial charge on any atom is -0.322 e. The molecule has 106 valence electrons. The zero-order valence-electron chi connectivity index (χ0n) is 10.9. The van der Waals surface area contributed by atoms with Crippen molar-refractivity contribution in [2.75, 3.05) is 5.32 Å². The second-order valence-corrected chi connectivity index (χ2v) is 5.23. The molecule has 0 bridgehead atoms. The van der Waals surface area contributed by atoms with Crippen LogP contribution in [-0.4, -0.2) is 15.7 Å². The van der Waals surface area contributed by atoms with E-state index < -0.39 is 17.5 Å². The Morgan fingerprint density at radius 1 is 1.30 bits per heavy atom. The second-order valence-electron chi connectivity index (χ2n) is 4.38. The topological polar surface area (TPSA) is 46.9 Å². The number of aromatic nitrogens is 2. The Labute approximate surface area is 122 Å². The molecule has 0 unspecified atom stereocenters. The van der Waals surface area contributed by atoms with Crippen LogP contribution in [0, 0.1) is 25.5 Å². The first-order valence-corrected chi connectivity index (χ1v) is 6.61. The average Bonchev–Trinajstić information content (AvgIpc) is 2.64. The van der Waals surface area contributed by atoms with E-state index in [1.807, 2.05) is 19.9 Å². The smallest absolute Gasteiger partial charge is 0.246 e. The maximum Gasteiger partial charge on any atom is 0.246 e. The van der Waals surface area contributed by atoms with Gasteiger partial charge in [-0.2, -0.15) is 5.10 Å². The molecule has 7 heteroatoms. The van der Waals surface area contributed by atoms with Crippen molar-refractivity contribution in [2.45, 2.75) is 20.4 Å². The van der Waals surface area contributed by atoms with Crippen molar-refractivity contribution in [1.82, 2.24) is 9.78 Å². The summed E-state index contributed by atoms with van der Waals surface area (Å²) in [6.45, 7) is 3.56. The van der Waals surface area contributed by atoms with Gasteiger partial charge in [0.05, 0.1) is 15.9 Å². The van der Waals surface area contributed by atoms with Crippen LogP contribution in [0.25, 0.3) is 0 Å². The highest BCUT2D eigenvalue weighted by Gasteiger charge is 2.12. The van der Waals surface area contributed by atoms with Gasteiger partial charge in [-0.25, -0.2) is 8.78 Å². The molecular weight excluding hydrogens is 332 g/mol. The third kappa shape index (κ3) is 3.22. The number of hydrogen-bond acceptors (Lipinski definition) is 2. The number of benzene rings is 1. The number of carbonyl (C=O) groups is 1. The molecule has 0 atom stereocenters. The Morgan fingerprint density at radius 3 is 2.60 bits per heavy atom. The number of anilines is 1. The lowest BCUT2D eigenvalue weighted by Crippen LogP contribution is -2.21. The van der Waals surface area contributed by atoms with Gasteiger partial charge in [-0.05, 0) is 41.9 Å². The van der Waals surface area contributed by atoms with Crippen LogP contribution < -0.4 is 5.32 Å². The summed E-state index contributed by atoms with van der Waals surface area (Å²) in [4.78, 5) is 11.8. The summed E-state index contributed by atoms with van der Waals surface area (Å²) in [6.07, 6.45) is 0. The van der Waals surface area contributed by atoms with E-state index in [9.17, 15) is 13.6 Å². The summed E-state index contributed by atoms with van der Waals surface area (Å²) in [5.74, 6) is -1.83. The highest BCUT2D eigenvalue weighted by atomic mass is 79.9. The van der Waals surface area contributed by atoms with Crippen molar-refractivity contribution in [3.8, 4) is 0 Å². The quantitative estimate of drug-likeness (QED) is 0.870. The van der Waals surface area contributed by atoms with E-state index in [0.29, 0.717) is 0 Å². The molecule has 0 fully saturated rings. The molecule has 1 aromatic heterocycles. The van der Waals surface area contributed by atoms with Gasteiger partial charge in [0.1, 0.15) is 18.2 Å². The molecule has 20 heavy (non-hydrogen) atoms. The fourth-order valence-electron chi connectivity index (χ4n) is 1.78. The summed E-state index contributed by atoms with van der Waals surface area (Å²) in [7, 11) is 0. The highest BCUT2D eigenvalue weighted by Crippen LogP contribution is 2.23. The molecule has 1 heterocycles. The number of halogens is 3. The first kappa shape index (κ1) is 14.6. The lowest BCUT2D eigenvalue weighted by atomic mass is 10.3. The van der Waals surface area contributed by atoms with E-state index in [1.54, 1.807) is 0 Å². The molecule has 2 rings (SSSR count). The number of nitrogens with zero attached hydrogens (tertiary/aromatic N) is 2. The van der Waals surface area contributed by atoms with Gasteiger partial charge in [-0.15, -0.1) is 0 Å². The van der Waals surface area contributed by atoms with E-state index in [2.05, 4.69) is 26.3 Å². The molecule has 0 aliphatic heterocycles. The Bertz CT molecular complexity index is 670. The number of aryl methyl sites for hydroxylation is 2. The van der Waals surface area contributed by atoms with Crippen molar-refractivity contribution >= 4 is 27.5 Å². The molecule has 4 nitrogen and oxygen atoms in total. The van der Waals surface area contributed by atoms with Crippen LogP contribution in [0.15, 0.2) is 22.7 Å². The van der Waals surface area contributed by atoms with Gasteiger partial charge in [0.2, 0.25) is 5.91 Å². The number of amides is 1. The van der Waals surface area contributed by atoms with Crippen molar-refractivity contribution in [3.63, 3.8) is 0 Å². The second kappa shape index (κ2) is 5.70. The molecule has 0 aliphatic rings. The van der Waals surface area contributed by atoms with Crippen molar-refractivity contribution in [1.29, 1.82) is 0 Å². The standard InChI is InChI=1S/C13H12BrF2N3O/c1-7-3-8(2)19(18-7)6-13(20)17-12-5-10(15)9(14)4-11(12)16/h3-5H,6H2,1-2H3,(H,17,20). The molecule has 1 N–H and O–H groups in total. The van der Waals surface area contributed by atoms with Crippen molar-refractivity contribution in [2.24, 2.45) is 0 Å². The fourth-order valence-corrected chi connectivity index (χ4v) is 2.09. The van der Waals surface area contributed by atoms with Crippen LogP contribution in [0.4, 0.5) is 14.5 Å². The Balaban J connectivity index is 2.12. The molecule has 1 amide bonds. The van der Waals surface area contributed by atoms with Gasteiger partial charge < -0.3 is 5.32 Å². The number of hydrogen-bond donors (Lipinski definition) is 1. The van der Waals surface area contributed by atoms with Gasteiger partial charge >= 0.3 is 0 Å². The zero-order chi connectivity index (χ0) is 14.9. The first-order chi connectivity index (χ1) is 9.36. The largest absolute Gasteiger partial charge is 0.322 e. The maximum absolute atomic E-state index is 13.6. The predicted molar refractivity (Wildman–Crippen MR) is 74.4 cm³/mol.